The third kappa shape index (κ3) is 5.25. The molecule has 0 N–H and O–H groups in total. The molecule has 1 aromatic heterocycles. The molecule has 4 aliphatic rings. The summed E-state index contributed by atoms with van der Waals surface area (Å²) >= 11 is 0. The van der Waals surface area contributed by atoms with Gasteiger partial charge in [0.25, 0.3) is 0 Å². The summed E-state index contributed by atoms with van der Waals surface area (Å²) in [4.78, 5) is 65.7. The van der Waals surface area contributed by atoms with Crippen LogP contribution in [-0.4, -0.2) is 63.3 Å². The van der Waals surface area contributed by atoms with Crippen LogP contribution in [0, 0.1) is 11.8 Å². The Kier molecular flexibility index (Phi) is 7.63. The average molecular weight is 536 g/mol. The van der Waals surface area contributed by atoms with Crippen LogP contribution in [0.4, 0.5) is 0 Å². The van der Waals surface area contributed by atoms with E-state index < -0.39 is 41.1 Å². The first-order valence-electron chi connectivity index (χ1n) is 13.8. The van der Waals surface area contributed by atoms with Crippen molar-refractivity contribution in [3.63, 3.8) is 0 Å². The number of epoxide rings is 2. The summed E-state index contributed by atoms with van der Waals surface area (Å²) in [5.74, 6) is -1.11. The molecule has 4 fully saturated rings. The van der Waals surface area contributed by atoms with Gasteiger partial charge in [0.05, 0.1) is 37.6 Å². The molecule has 12 heteroatoms. The lowest BCUT2D eigenvalue weighted by atomic mass is 9.90. The van der Waals surface area contributed by atoms with Crippen molar-refractivity contribution in [1.29, 1.82) is 0 Å². The number of rotatable bonds is 10. The van der Waals surface area contributed by atoms with E-state index in [0.29, 0.717) is 12.2 Å². The van der Waals surface area contributed by atoms with E-state index in [4.69, 9.17) is 18.9 Å². The third-order valence-electron chi connectivity index (χ3n) is 8.49. The molecule has 0 aromatic carbocycles. The van der Waals surface area contributed by atoms with Crippen molar-refractivity contribution in [2.45, 2.75) is 102 Å². The molecule has 210 valence electrons. The van der Waals surface area contributed by atoms with Gasteiger partial charge in [-0.2, -0.15) is 0 Å². The first kappa shape index (κ1) is 26.9. The third-order valence-corrected chi connectivity index (χ3v) is 8.49. The van der Waals surface area contributed by atoms with E-state index in [1.54, 1.807) is 13.8 Å². The standard InChI is InChI=1S/C26H37N3O9/c1-4-16(22(30)35-12-14-6-8-18-20(10-14)37-18)28-24(32)27(3)25(33)29(26(28)34)17(5-2)23(31)36-13-15-7-9-19-21(11-15)38-19/h14-21H,4-13H2,1-3H3. The maximum atomic E-state index is 13.5. The van der Waals surface area contributed by atoms with Gasteiger partial charge in [0, 0.05) is 7.05 Å². The summed E-state index contributed by atoms with van der Waals surface area (Å²) in [5.41, 5.74) is -2.89. The molecule has 1 aromatic rings. The zero-order valence-corrected chi connectivity index (χ0v) is 22.2. The van der Waals surface area contributed by atoms with Gasteiger partial charge in [-0.1, -0.05) is 13.8 Å². The number of aromatic nitrogens is 3. The van der Waals surface area contributed by atoms with Gasteiger partial charge in [0.1, 0.15) is 12.1 Å². The Balaban J connectivity index is 1.33. The highest BCUT2D eigenvalue weighted by atomic mass is 16.6. The number of fused-ring (bicyclic) bond motifs is 2. The van der Waals surface area contributed by atoms with Crippen molar-refractivity contribution in [2.24, 2.45) is 18.9 Å². The fourth-order valence-corrected chi connectivity index (χ4v) is 6.00. The maximum absolute atomic E-state index is 13.5. The Bertz CT molecular complexity index is 1160. The average Bonchev–Trinajstić information content (AvgIpc) is 3.84. The summed E-state index contributed by atoms with van der Waals surface area (Å²) in [5, 5.41) is 0. The van der Waals surface area contributed by atoms with Gasteiger partial charge in [0.15, 0.2) is 0 Å². The van der Waals surface area contributed by atoms with Gasteiger partial charge in [-0.25, -0.2) is 37.7 Å². The highest BCUT2D eigenvalue weighted by Gasteiger charge is 2.45. The molecule has 0 amide bonds. The van der Waals surface area contributed by atoms with Crippen LogP contribution in [0.2, 0.25) is 0 Å². The quantitative estimate of drug-likeness (QED) is 0.314. The molecule has 8 unspecified atom stereocenters. The minimum absolute atomic E-state index is 0.0951. The molecule has 2 saturated heterocycles. The first-order valence-corrected chi connectivity index (χ1v) is 13.8. The molecule has 2 aliphatic carbocycles. The van der Waals surface area contributed by atoms with E-state index >= 15 is 0 Å². The van der Waals surface area contributed by atoms with Crippen molar-refractivity contribution in [2.75, 3.05) is 13.2 Å². The van der Waals surface area contributed by atoms with E-state index in [2.05, 4.69) is 0 Å². The van der Waals surface area contributed by atoms with Crippen LogP contribution in [0.25, 0.3) is 0 Å². The lowest BCUT2D eigenvalue weighted by Crippen LogP contribution is -2.57. The van der Waals surface area contributed by atoms with Gasteiger partial charge in [-0.15, -0.1) is 0 Å². The Morgan fingerprint density at radius 1 is 0.737 bits per heavy atom. The Labute approximate surface area is 219 Å². The number of hydrogen-bond acceptors (Lipinski definition) is 9. The van der Waals surface area contributed by atoms with Gasteiger partial charge >= 0.3 is 29.0 Å². The van der Waals surface area contributed by atoms with Crippen LogP contribution in [0.1, 0.15) is 77.3 Å². The highest BCUT2D eigenvalue weighted by Crippen LogP contribution is 2.40. The van der Waals surface area contributed by atoms with Crippen molar-refractivity contribution in [3.8, 4) is 0 Å². The molecule has 2 aliphatic heterocycles. The molecule has 3 heterocycles. The molecule has 0 bridgehead atoms. The monoisotopic (exact) mass is 535 g/mol. The van der Waals surface area contributed by atoms with E-state index in [1.807, 2.05) is 0 Å². The summed E-state index contributed by atoms with van der Waals surface area (Å²) in [6.45, 7) is 3.66. The summed E-state index contributed by atoms with van der Waals surface area (Å²) < 4.78 is 24.3. The lowest BCUT2D eigenvalue weighted by Gasteiger charge is -2.24. The van der Waals surface area contributed by atoms with Gasteiger partial charge in [0.2, 0.25) is 0 Å². The van der Waals surface area contributed by atoms with Crippen molar-refractivity contribution >= 4 is 11.9 Å². The number of esters is 2. The number of carbonyl (C=O) groups excluding carboxylic acids is 2. The Hall–Kier alpha value is -2.73. The SMILES string of the molecule is CCC(C(=O)OCC1CCC2OC2C1)n1c(=O)n(C)c(=O)n(C(CC)C(=O)OCC2CCC3OC3C2)c1=O. The molecule has 8 atom stereocenters. The highest BCUT2D eigenvalue weighted by molar-refractivity contribution is 5.75. The first-order chi connectivity index (χ1) is 18.2. The van der Waals surface area contributed by atoms with Crippen LogP contribution < -0.4 is 17.1 Å². The summed E-state index contributed by atoms with van der Waals surface area (Å²) in [6, 6.07) is -2.47. The van der Waals surface area contributed by atoms with Gasteiger partial charge < -0.3 is 18.9 Å². The predicted octanol–water partition coefficient (Wildman–Crippen LogP) is 0.832. The molecule has 0 radical (unpaired) electrons. The Morgan fingerprint density at radius 3 is 1.53 bits per heavy atom. The number of nitrogens with zero attached hydrogens (tertiary/aromatic N) is 3. The second-order valence-corrected chi connectivity index (χ2v) is 11.0. The van der Waals surface area contributed by atoms with Crippen LogP contribution in [-0.2, 0) is 35.6 Å². The van der Waals surface area contributed by atoms with Crippen LogP contribution in [0.3, 0.4) is 0 Å². The van der Waals surface area contributed by atoms with E-state index in [0.717, 1.165) is 52.2 Å². The van der Waals surface area contributed by atoms with Crippen molar-refractivity contribution in [1.82, 2.24) is 13.7 Å². The summed E-state index contributed by atoms with van der Waals surface area (Å²) in [6.07, 6.45) is 6.57. The predicted molar refractivity (Wildman–Crippen MR) is 133 cm³/mol. The van der Waals surface area contributed by atoms with E-state index in [1.165, 1.54) is 7.05 Å². The molecule has 5 rings (SSSR count). The van der Waals surface area contributed by atoms with Crippen LogP contribution in [0.5, 0.6) is 0 Å². The molecule has 38 heavy (non-hydrogen) atoms. The molecule has 12 nitrogen and oxygen atoms in total. The van der Waals surface area contributed by atoms with Gasteiger partial charge in [-0.05, 0) is 63.2 Å². The van der Waals surface area contributed by atoms with E-state index in [9.17, 15) is 24.0 Å². The van der Waals surface area contributed by atoms with Gasteiger partial charge in [-0.3, -0.25) is 0 Å². The maximum Gasteiger partial charge on any atom is 0.337 e. The molecular weight excluding hydrogens is 498 g/mol. The minimum atomic E-state index is -1.23. The number of ether oxygens (including phenoxy) is 4. The van der Waals surface area contributed by atoms with Crippen molar-refractivity contribution < 1.29 is 28.5 Å². The molecule has 0 spiro atoms. The second-order valence-electron chi connectivity index (χ2n) is 11.0. The fourth-order valence-electron chi connectivity index (χ4n) is 6.00. The topological polar surface area (TPSA) is 144 Å². The van der Waals surface area contributed by atoms with Crippen LogP contribution >= 0.6 is 0 Å². The smallest absolute Gasteiger partial charge is 0.337 e. The van der Waals surface area contributed by atoms with E-state index in [-0.39, 0.29) is 50.1 Å². The summed E-state index contributed by atoms with van der Waals surface area (Å²) in [7, 11) is 1.22. The Morgan fingerprint density at radius 2 is 1.16 bits per heavy atom. The largest absolute Gasteiger partial charge is 0.464 e. The number of carbonyl (C=O) groups is 2. The zero-order valence-electron chi connectivity index (χ0n) is 22.2. The fraction of sp³-hybridized carbons (Fsp3) is 0.808. The second kappa shape index (κ2) is 10.8. The number of hydrogen-bond donors (Lipinski definition) is 0. The lowest BCUT2D eigenvalue weighted by molar-refractivity contribution is -0.149. The van der Waals surface area contributed by atoms with Crippen molar-refractivity contribution in [3.05, 3.63) is 31.5 Å². The molecule has 2 saturated carbocycles. The normalized spacial score (nSPS) is 30.9. The van der Waals surface area contributed by atoms with Crippen LogP contribution in [0.15, 0.2) is 14.4 Å². The zero-order chi connectivity index (χ0) is 27.1. The minimum Gasteiger partial charge on any atom is -0.464 e. The molecular formula is C26H37N3O9.